The van der Waals surface area contributed by atoms with Crippen molar-refractivity contribution >= 4 is 17.5 Å². The minimum atomic E-state index is -0.294. The van der Waals surface area contributed by atoms with Crippen LogP contribution >= 0.6 is 0 Å². The summed E-state index contributed by atoms with van der Waals surface area (Å²) in [5.41, 5.74) is 3.93. The van der Waals surface area contributed by atoms with Crippen LogP contribution in [0.4, 0.5) is 10.2 Å². The van der Waals surface area contributed by atoms with Crippen molar-refractivity contribution in [1.29, 1.82) is 0 Å². The molecule has 1 aliphatic heterocycles. The van der Waals surface area contributed by atoms with Crippen LogP contribution in [-0.4, -0.2) is 53.0 Å². The number of benzene rings is 3. The van der Waals surface area contributed by atoms with E-state index in [1.165, 1.54) is 12.1 Å². The van der Waals surface area contributed by atoms with Crippen molar-refractivity contribution in [2.45, 2.75) is 6.92 Å². The molecule has 1 aromatic heterocycles. The molecule has 0 radical (unpaired) electrons. The summed E-state index contributed by atoms with van der Waals surface area (Å²) in [5.74, 6) is 0.123. The molecular weight excluding hydrogens is 455 g/mol. The van der Waals surface area contributed by atoms with Gasteiger partial charge in [-0.15, -0.1) is 10.2 Å². The van der Waals surface area contributed by atoms with E-state index in [2.05, 4.69) is 15.1 Å². The summed E-state index contributed by atoms with van der Waals surface area (Å²) in [5, 5.41) is 8.63. The number of carbonyl (C=O) groups excluding carboxylic acids is 2. The monoisotopic (exact) mass is 480 g/mol. The number of halogens is 1. The SMILES string of the molecule is Cc1ccc(C(=O)c2ccccc2C(=O)N2CCN(c3ccc(-c4ccc(F)cc4)nn3)CC2)cc1. The first-order valence-electron chi connectivity index (χ1n) is 11.8. The minimum Gasteiger partial charge on any atom is -0.352 e. The molecule has 0 atom stereocenters. The molecule has 0 spiro atoms. The molecule has 1 saturated heterocycles. The first kappa shape index (κ1) is 23.4. The molecule has 7 heteroatoms. The fourth-order valence-electron chi connectivity index (χ4n) is 4.31. The second kappa shape index (κ2) is 10.1. The van der Waals surface area contributed by atoms with E-state index in [4.69, 9.17) is 0 Å². The zero-order chi connectivity index (χ0) is 25.1. The number of amides is 1. The Morgan fingerprint density at radius 2 is 1.42 bits per heavy atom. The normalized spacial score (nSPS) is 13.5. The zero-order valence-corrected chi connectivity index (χ0v) is 19.9. The average Bonchev–Trinajstić information content (AvgIpc) is 2.93. The fourth-order valence-corrected chi connectivity index (χ4v) is 4.31. The first-order valence-corrected chi connectivity index (χ1v) is 11.8. The molecule has 6 nitrogen and oxygen atoms in total. The zero-order valence-electron chi connectivity index (χ0n) is 19.9. The molecule has 0 saturated carbocycles. The van der Waals surface area contributed by atoms with Gasteiger partial charge >= 0.3 is 0 Å². The van der Waals surface area contributed by atoms with Crippen LogP contribution < -0.4 is 4.90 Å². The number of piperazine rings is 1. The third kappa shape index (κ3) is 4.86. The van der Waals surface area contributed by atoms with Gasteiger partial charge in [0, 0.05) is 42.9 Å². The summed E-state index contributed by atoms with van der Waals surface area (Å²) in [4.78, 5) is 30.4. The van der Waals surface area contributed by atoms with Gasteiger partial charge in [-0.25, -0.2) is 4.39 Å². The highest BCUT2D eigenvalue weighted by Crippen LogP contribution is 2.22. The lowest BCUT2D eigenvalue weighted by atomic mass is 9.97. The van der Waals surface area contributed by atoms with E-state index in [1.54, 1.807) is 53.4 Å². The number of carbonyl (C=O) groups is 2. The van der Waals surface area contributed by atoms with Crippen molar-refractivity contribution in [3.8, 4) is 11.3 Å². The van der Waals surface area contributed by atoms with Crippen molar-refractivity contribution in [1.82, 2.24) is 15.1 Å². The lowest BCUT2D eigenvalue weighted by molar-refractivity contribution is 0.0742. The number of aryl methyl sites for hydroxylation is 1. The van der Waals surface area contributed by atoms with Crippen molar-refractivity contribution in [2.24, 2.45) is 0 Å². The molecule has 1 fully saturated rings. The number of hydrogen-bond acceptors (Lipinski definition) is 5. The highest BCUT2D eigenvalue weighted by Gasteiger charge is 2.26. The third-order valence-corrected chi connectivity index (χ3v) is 6.40. The summed E-state index contributed by atoms with van der Waals surface area (Å²) in [6.45, 7) is 4.19. The molecule has 0 aliphatic carbocycles. The Morgan fingerprint density at radius 1 is 0.750 bits per heavy atom. The van der Waals surface area contributed by atoms with Crippen LogP contribution in [0.15, 0.2) is 84.9 Å². The number of ketones is 1. The Morgan fingerprint density at radius 3 is 2.06 bits per heavy atom. The van der Waals surface area contributed by atoms with Gasteiger partial charge < -0.3 is 9.80 Å². The van der Waals surface area contributed by atoms with E-state index in [0.29, 0.717) is 48.6 Å². The van der Waals surface area contributed by atoms with Crippen molar-refractivity contribution < 1.29 is 14.0 Å². The van der Waals surface area contributed by atoms with Gasteiger partial charge in [0.1, 0.15) is 5.82 Å². The number of anilines is 1. The molecule has 0 bridgehead atoms. The van der Waals surface area contributed by atoms with Gasteiger partial charge in [-0.2, -0.15) is 0 Å². The molecule has 1 aliphatic rings. The van der Waals surface area contributed by atoms with Crippen LogP contribution in [0.1, 0.15) is 31.8 Å². The maximum Gasteiger partial charge on any atom is 0.254 e. The molecule has 3 aromatic carbocycles. The summed E-state index contributed by atoms with van der Waals surface area (Å²) >= 11 is 0. The second-order valence-corrected chi connectivity index (χ2v) is 8.80. The molecule has 0 N–H and O–H groups in total. The van der Waals surface area contributed by atoms with Gasteiger partial charge in [0.2, 0.25) is 0 Å². The number of hydrogen-bond donors (Lipinski definition) is 0. The quantitative estimate of drug-likeness (QED) is 0.385. The predicted octanol–water partition coefficient (Wildman–Crippen LogP) is 4.78. The van der Waals surface area contributed by atoms with Gasteiger partial charge in [0.05, 0.1) is 11.3 Å². The topological polar surface area (TPSA) is 66.4 Å². The standard InChI is InChI=1S/C29H25FN4O2/c1-20-6-8-22(9-7-20)28(35)24-4-2-3-5-25(24)29(36)34-18-16-33(17-19-34)27-15-14-26(31-32-27)21-10-12-23(30)13-11-21/h2-15H,16-19H2,1H3. The maximum absolute atomic E-state index is 13.4. The number of nitrogens with zero attached hydrogens (tertiary/aromatic N) is 4. The molecule has 2 heterocycles. The Kier molecular flexibility index (Phi) is 6.54. The largest absolute Gasteiger partial charge is 0.352 e. The van der Waals surface area contributed by atoms with Crippen molar-refractivity contribution in [3.05, 3.63) is 113 Å². The van der Waals surface area contributed by atoms with E-state index in [9.17, 15) is 14.0 Å². The lowest BCUT2D eigenvalue weighted by Crippen LogP contribution is -2.49. The minimum absolute atomic E-state index is 0.150. The van der Waals surface area contributed by atoms with Gasteiger partial charge in [0.25, 0.3) is 5.91 Å². The summed E-state index contributed by atoms with van der Waals surface area (Å²) < 4.78 is 13.2. The Hall–Kier alpha value is -4.39. The Labute approximate surface area is 209 Å². The Bertz CT molecular complexity index is 1380. The van der Waals surface area contributed by atoms with Gasteiger partial charge in [0.15, 0.2) is 11.6 Å². The second-order valence-electron chi connectivity index (χ2n) is 8.80. The molecule has 1 amide bonds. The van der Waals surface area contributed by atoms with E-state index >= 15 is 0 Å². The molecule has 36 heavy (non-hydrogen) atoms. The summed E-state index contributed by atoms with van der Waals surface area (Å²) in [7, 11) is 0. The smallest absolute Gasteiger partial charge is 0.254 e. The third-order valence-electron chi connectivity index (χ3n) is 6.40. The van der Waals surface area contributed by atoms with Crippen molar-refractivity contribution in [2.75, 3.05) is 31.1 Å². The van der Waals surface area contributed by atoms with Crippen LogP contribution in [0.5, 0.6) is 0 Å². The van der Waals surface area contributed by atoms with Gasteiger partial charge in [-0.3, -0.25) is 9.59 Å². The molecule has 180 valence electrons. The van der Waals surface area contributed by atoms with Crippen LogP contribution in [0, 0.1) is 12.7 Å². The number of rotatable bonds is 5. The van der Waals surface area contributed by atoms with E-state index in [-0.39, 0.29) is 17.5 Å². The van der Waals surface area contributed by atoms with Crippen LogP contribution in [0.3, 0.4) is 0 Å². The lowest BCUT2D eigenvalue weighted by Gasteiger charge is -2.35. The van der Waals surface area contributed by atoms with Crippen LogP contribution in [0.25, 0.3) is 11.3 Å². The van der Waals surface area contributed by atoms with E-state index in [1.807, 2.05) is 31.2 Å². The van der Waals surface area contributed by atoms with Gasteiger partial charge in [-0.1, -0.05) is 48.0 Å². The predicted molar refractivity (Wildman–Crippen MR) is 137 cm³/mol. The van der Waals surface area contributed by atoms with E-state index < -0.39 is 0 Å². The molecule has 0 unspecified atom stereocenters. The molecule has 5 rings (SSSR count). The fraction of sp³-hybridized carbons (Fsp3) is 0.172. The highest BCUT2D eigenvalue weighted by atomic mass is 19.1. The first-order chi connectivity index (χ1) is 17.5. The highest BCUT2D eigenvalue weighted by molar-refractivity contribution is 6.15. The van der Waals surface area contributed by atoms with Crippen LogP contribution in [-0.2, 0) is 0 Å². The summed E-state index contributed by atoms with van der Waals surface area (Å²) in [6.07, 6.45) is 0. The van der Waals surface area contributed by atoms with Crippen molar-refractivity contribution in [3.63, 3.8) is 0 Å². The molecule has 4 aromatic rings. The molecular formula is C29H25FN4O2. The Balaban J connectivity index is 1.26. The summed E-state index contributed by atoms with van der Waals surface area (Å²) in [6, 6.07) is 24.3. The van der Waals surface area contributed by atoms with Gasteiger partial charge in [-0.05, 0) is 49.4 Å². The van der Waals surface area contributed by atoms with E-state index in [0.717, 1.165) is 16.9 Å². The number of aromatic nitrogens is 2. The van der Waals surface area contributed by atoms with Crippen LogP contribution in [0.2, 0.25) is 0 Å². The maximum atomic E-state index is 13.4. The average molecular weight is 481 g/mol.